The van der Waals surface area contributed by atoms with Crippen LogP contribution in [0.25, 0.3) is 0 Å². The van der Waals surface area contributed by atoms with Crippen LogP contribution in [0.1, 0.15) is 45.4 Å². The van der Waals surface area contributed by atoms with Gasteiger partial charge in [0.2, 0.25) is 0 Å². The summed E-state index contributed by atoms with van der Waals surface area (Å²) in [4.78, 5) is 4.35. The number of nitrogens with zero attached hydrogens (tertiary/aromatic N) is 2. The van der Waals surface area contributed by atoms with Crippen LogP contribution >= 0.6 is 0 Å². The number of aromatic nitrogens is 2. The zero-order valence-corrected chi connectivity index (χ0v) is 11.0. The average Bonchev–Trinajstić information content (AvgIpc) is 2.73. The molecule has 1 rings (SSSR count). The van der Waals surface area contributed by atoms with Gasteiger partial charge in [-0.15, -0.1) is 0 Å². The average molecular weight is 239 g/mol. The molecule has 0 saturated carbocycles. The van der Waals surface area contributed by atoms with Gasteiger partial charge in [-0.25, -0.2) is 4.98 Å². The summed E-state index contributed by atoms with van der Waals surface area (Å²) >= 11 is 0. The molecule has 0 fully saturated rings. The highest BCUT2D eigenvalue weighted by Gasteiger charge is 2.15. The summed E-state index contributed by atoms with van der Waals surface area (Å²) in [6.07, 6.45) is 9.06. The molecule has 0 spiro atoms. The van der Waals surface area contributed by atoms with Gasteiger partial charge in [-0.3, -0.25) is 0 Å². The minimum atomic E-state index is -0.429. The third kappa shape index (κ3) is 4.88. The molecule has 0 aliphatic carbocycles. The first kappa shape index (κ1) is 14.2. The number of aliphatic hydroxyl groups is 1. The van der Waals surface area contributed by atoms with E-state index in [4.69, 9.17) is 10.8 Å². The molecule has 0 amide bonds. The summed E-state index contributed by atoms with van der Waals surface area (Å²) in [7, 11) is 0. The fourth-order valence-corrected chi connectivity index (χ4v) is 1.89. The molecular weight excluding hydrogens is 214 g/mol. The minimum Gasteiger partial charge on any atom is -0.394 e. The Hall–Kier alpha value is -0.870. The van der Waals surface area contributed by atoms with E-state index in [0.717, 1.165) is 38.6 Å². The van der Waals surface area contributed by atoms with E-state index in [1.54, 1.807) is 0 Å². The normalized spacial score (nSPS) is 14.8. The monoisotopic (exact) mass is 239 g/mol. The second-order valence-electron chi connectivity index (χ2n) is 5.06. The summed E-state index contributed by atoms with van der Waals surface area (Å²) in [5, 5.41) is 9.05. The molecule has 1 aromatic rings. The number of hydrogen-bond acceptors (Lipinski definition) is 3. The highest BCUT2D eigenvalue weighted by molar-refractivity contribution is 4.92. The van der Waals surface area contributed by atoms with E-state index in [-0.39, 0.29) is 6.61 Å². The van der Waals surface area contributed by atoms with Gasteiger partial charge in [0.05, 0.1) is 6.61 Å². The highest BCUT2D eigenvalue weighted by atomic mass is 16.3. The molecule has 0 aromatic carbocycles. The van der Waals surface area contributed by atoms with Crippen LogP contribution in [0, 0.1) is 0 Å². The SMILES string of the molecule is CCCc1nccn1CCCCC(C)(N)CO. The Morgan fingerprint density at radius 3 is 2.88 bits per heavy atom. The van der Waals surface area contributed by atoms with Crippen LogP contribution in [0.15, 0.2) is 12.4 Å². The lowest BCUT2D eigenvalue weighted by atomic mass is 9.97. The van der Waals surface area contributed by atoms with Crippen molar-refractivity contribution in [2.24, 2.45) is 5.73 Å². The molecule has 4 nitrogen and oxygen atoms in total. The van der Waals surface area contributed by atoms with Gasteiger partial charge in [0.25, 0.3) is 0 Å². The molecule has 1 unspecified atom stereocenters. The molecule has 0 aliphatic rings. The molecule has 3 N–H and O–H groups in total. The number of aliphatic hydroxyl groups excluding tert-OH is 1. The lowest BCUT2D eigenvalue weighted by Gasteiger charge is -2.21. The quantitative estimate of drug-likeness (QED) is 0.679. The predicted octanol–water partition coefficient (Wildman–Crippen LogP) is 1.72. The van der Waals surface area contributed by atoms with E-state index < -0.39 is 5.54 Å². The van der Waals surface area contributed by atoms with Gasteiger partial charge in [-0.05, 0) is 32.6 Å². The van der Waals surface area contributed by atoms with Crippen molar-refractivity contribution >= 4 is 0 Å². The van der Waals surface area contributed by atoms with E-state index in [1.807, 2.05) is 19.3 Å². The molecule has 0 radical (unpaired) electrons. The van der Waals surface area contributed by atoms with Gasteiger partial charge in [-0.1, -0.05) is 6.92 Å². The number of nitrogens with two attached hydrogens (primary N) is 1. The van der Waals surface area contributed by atoms with Crippen LogP contribution in [-0.4, -0.2) is 26.8 Å². The Labute approximate surface area is 104 Å². The maximum absolute atomic E-state index is 9.05. The summed E-state index contributed by atoms with van der Waals surface area (Å²) in [5.74, 6) is 1.17. The Kier molecular flexibility index (Phi) is 5.65. The van der Waals surface area contributed by atoms with E-state index in [2.05, 4.69) is 16.5 Å². The number of aryl methyl sites for hydroxylation is 2. The van der Waals surface area contributed by atoms with Crippen molar-refractivity contribution in [1.82, 2.24) is 9.55 Å². The Bertz CT molecular complexity index is 320. The third-order valence-electron chi connectivity index (χ3n) is 3.03. The second kappa shape index (κ2) is 6.77. The number of imidazole rings is 1. The standard InChI is InChI=1S/C13H25N3O/c1-3-6-12-15-8-10-16(12)9-5-4-7-13(2,14)11-17/h8,10,17H,3-7,9,11,14H2,1-2H3. The molecule has 4 heteroatoms. The van der Waals surface area contributed by atoms with Gasteiger partial charge in [0, 0.05) is 30.9 Å². The molecule has 1 aromatic heterocycles. The summed E-state index contributed by atoms with van der Waals surface area (Å²) in [6, 6.07) is 0. The molecular formula is C13H25N3O. The predicted molar refractivity (Wildman–Crippen MR) is 69.8 cm³/mol. The molecule has 0 saturated heterocycles. The smallest absolute Gasteiger partial charge is 0.108 e. The topological polar surface area (TPSA) is 64.1 Å². The largest absolute Gasteiger partial charge is 0.394 e. The maximum Gasteiger partial charge on any atom is 0.108 e. The van der Waals surface area contributed by atoms with E-state index in [9.17, 15) is 0 Å². The first-order chi connectivity index (χ1) is 8.09. The van der Waals surface area contributed by atoms with E-state index in [1.165, 1.54) is 5.82 Å². The zero-order valence-electron chi connectivity index (χ0n) is 11.0. The first-order valence-electron chi connectivity index (χ1n) is 6.49. The van der Waals surface area contributed by atoms with Crippen molar-refractivity contribution in [3.63, 3.8) is 0 Å². The van der Waals surface area contributed by atoms with Crippen LogP contribution in [0.5, 0.6) is 0 Å². The van der Waals surface area contributed by atoms with Crippen molar-refractivity contribution in [3.8, 4) is 0 Å². The summed E-state index contributed by atoms with van der Waals surface area (Å²) < 4.78 is 2.22. The number of rotatable bonds is 8. The molecule has 0 aliphatic heterocycles. The van der Waals surface area contributed by atoms with Gasteiger partial charge < -0.3 is 15.4 Å². The maximum atomic E-state index is 9.05. The Morgan fingerprint density at radius 1 is 1.47 bits per heavy atom. The fourth-order valence-electron chi connectivity index (χ4n) is 1.89. The van der Waals surface area contributed by atoms with Crippen molar-refractivity contribution in [3.05, 3.63) is 18.2 Å². The van der Waals surface area contributed by atoms with Crippen LogP contribution in [0.3, 0.4) is 0 Å². The first-order valence-corrected chi connectivity index (χ1v) is 6.49. The highest BCUT2D eigenvalue weighted by Crippen LogP contribution is 2.11. The van der Waals surface area contributed by atoms with E-state index in [0.29, 0.717) is 0 Å². The van der Waals surface area contributed by atoms with Gasteiger partial charge in [0.15, 0.2) is 0 Å². The minimum absolute atomic E-state index is 0.0547. The molecule has 0 bridgehead atoms. The molecule has 1 heterocycles. The van der Waals surface area contributed by atoms with Crippen LogP contribution in [0.4, 0.5) is 0 Å². The Morgan fingerprint density at radius 2 is 2.24 bits per heavy atom. The van der Waals surface area contributed by atoms with Crippen molar-refractivity contribution in [2.75, 3.05) is 6.61 Å². The van der Waals surface area contributed by atoms with Gasteiger partial charge in [0.1, 0.15) is 5.82 Å². The van der Waals surface area contributed by atoms with Crippen molar-refractivity contribution in [2.45, 2.75) is 58.0 Å². The summed E-state index contributed by atoms with van der Waals surface area (Å²) in [6.45, 7) is 5.11. The zero-order chi connectivity index (χ0) is 12.7. The van der Waals surface area contributed by atoms with Crippen molar-refractivity contribution < 1.29 is 5.11 Å². The Balaban J connectivity index is 2.28. The fraction of sp³-hybridized carbons (Fsp3) is 0.769. The van der Waals surface area contributed by atoms with Crippen LogP contribution in [0.2, 0.25) is 0 Å². The lowest BCUT2D eigenvalue weighted by Crippen LogP contribution is -2.39. The lowest BCUT2D eigenvalue weighted by molar-refractivity contribution is 0.197. The van der Waals surface area contributed by atoms with Crippen LogP contribution in [-0.2, 0) is 13.0 Å². The van der Waals surface area contributed by atoms with Gasteiger partial charge >= 0.3 is 0 Å². The second-order valence-corrected chi connectivity index (χ2v) is 5.06. The molecule has 1 atom stereocenters. The van der Waals surface area contributed by atoms with Gasteiger partial charge in [-0.2, -0.15) is 0 Å². The molecule has 98 valence electrons. The number of hydrogen-bond donors (Lipinski definition) is 2. The number of unbranched alkanes of at least 4 members (excludes halogenated alkanes) is 1. The third-order valence-corrected chi connectivity index (χ3v) is 3.03. The summed E-state index contributed by atoms with van der Waals surface area (Å²) in [5.41, 5.74) is 5.45. The molecule has 17 heavy (non-hydrogen) atoms. The van der Waals surface area contributed by atoms with E-state index >= 15 is 0 Å². The van der Waals surface area contributed by atoms with Crippen molar-refractivity contribution in [1.29, 1.82) is 0 Å². The van der Waals surface area contributed by atoms with Crippen LogP contribution < -0.4 is 5.73 Å².